The minimum Gasteiger partial charge on any atom is -0.330 e. The van der Waals surface area contributed by atoms with Gasteiger partial charge in [0.15, 0.2) is 9.84 Å². The van der Waals surface area contributed by atoms with E-state index in [0.717, 1.165) is 25.5 Å². The predicted octanol–water partition coefficient (Wildman–Crippen LogP) is 1.55. The molecule has 1 fully saturated rings. The molecule has 1 amide bonds. The first kappa shape index (κ1) is 15.0. The van der Waals surface area contributed by atoms with Crippen LogP contribution in [0.3, 0.4) is 0 Å². The first-order valence-electron chi connectivity index (χ1n) is 6.65. The quantitative estimate of drug-likeness (QED) is 0.862. The molecule has 3 N–H and O–H groups in total. The molecule has 6 heteroatoms. The molecule has 0 heterocycles. The summed E-state index contributed by atoms with van der Waals surface area (Å²) >= 11 is 0. The van der Waals surface area contributed by atoms with Crippen LogP contribution in [0, 0.1) is 5.41 Å². The summed E-state index contributed by atoms with van der Waals surface area (Å²) in [5.74, 6) is -0.110. The van der Waals surface area contributed by atoms with Crippen molar-refractivity contribution in [1.29, 1.82) is 0 Å². The normalized spacial score (nSPS) is 17.3. The lowest BCUT2D eigenvalue weighted by Crippen LogP contribution is -2.40. The molecule has 0 bridgehead atoms. The van der Waals surface area contributed by atoms with Crippen molar-refractivity contribution in [1.82, 2.24) is 0 Å². The lowest BCUT2D eigenvalue weighted by atomic mass is 9.66. The highest BCUT2D eigenvalue weighted by Gasteiger charge is 2.37. The number of nitrogens with one attached hydrogen (secondary N) is 1. The van der Waals surface area contributed by atoms with Crippen molar-refractivity contribution in [2.45, 2.75) is 30.6 Å². The van der Waals surface area contributed by atoms with Gasteiger partial charge in [-0.05, 0) is 43.0 Å². The molecule has 0 atom stereocenters. The number of hydrogen-bond donors (Lipinski definition) is 2. The Morgan fingerprint density at radius 1 is 1.40 bits per heavy atom. The van der Waals surface area contributed by atoms with Crippen LogP contribution in [0.25, 0.3) is 0 Å². The Bertz CT molecular complexity index is 601. The lowest BCUT2D eigenvalue weighted by Gasteiger charge is -2.40. The lowest BCUT2D eigenvalue weighted by molar-refractivity contribution is -0.119. The number of nitrogens with two attached hydrogens (primary N) is 1. The van der Waals surface area contributed by atoms with Crippen molar-refractivity contribution in [3.63, 3.8) is 0 Å². The Labute approximate surface area is 119 Å². The van der Waals surface area contributed by atoms with Gasteiger partial charge in [-0.15, -0.1) is 0 Å². The van der Waals surface area contributed by atoms with Crippen LogP contribution < -0.4 is 11.1 Å². The summed E-state index contributed by atoms with van der Waals surface area (Å²) in [7, 11) is -3.27. The molecule has 20 heavy (non-hydrogen) atoms. The Kier molecular flexibility index (Phi) is 4.15. The Morgan fingerprint density at radius 3 is 2.60 bits per heavy atom. The highest BCUT2D eigenvalue weighted by molar-refractivity contribution is 7.90. The second-order valence-electron chi connectivity index (χ2n) is 5.58. The van der Waals surface area contributed by atoms with Gasteiger partial charge in [0.2, 0.25) is 5.91 Å². The number of benzene rings is 1. The molecule has 5 nitrogen and oxygen atoms in total. The summed E-state index contributed by atoms with van der Waals surface area (Å²) in [6.07, 6.45) is 4.63. The summed E-state index contributed by atoms with van der Waals surface area (Å²) in [6, 6.07) is 6.29. The molecule has 1 aromatic carbocycles. The minimum atomic E-state index is -3.27. The summed E-state index contributed by atoms with van der Waals surface area (Å²) < 4.78 is 22.9. The maximum Gasteiger partial charge on any atom is 0.224 e. The molecular weight excluding hydrogens is 276 g/mol. The van der Waals surface area contributed by atoms with Gasteiger partial charge in [0.05, 0.1) is 4.90 Å². The fraction of sp³-hybridized carbons (Fsp3) is 0.500. The zero-order valence-electron chi connectivity index (χ0n) is 11.6. The fourth-order valence-corrected chi connectivity index (χ4v) is 3.15. The molecule has 0 unspecified atom stereocenters. The van der Waals surface area contributed by atoms with Crippen molar-refractivity contribution < 1.29 is 13.2 Å². The summed E-state index contributed by atoms with van der Waals surface area (Å²) in [5, 5.41) is 2.75. The van der Waals surface area contributed by atoms with Crippen molar-refractivity contribution in [2.75, 3.05) is 18.1 Å². The third kappa shape index (κ3) is 3.37. The first-order chi connectivity index (χ1) is 9.35. The van der Waals surface area contributed by atoms with Gasteiger partial charge in [-0.2, -0.15) is 0 Å². The van der Waals surface area contributed by atoms with Crippen LogP contribution in [-0.4, -0.2) is 27.1 Å². The molecule has 1 aliphatic carbocycles. The second kappa shape index (κ2) is 5.54. The van der Waals surface area contributed by atoms with E-state index in [9.17, 15) is 13.2 Å². The van der Waals surface area contributed by atoms with E-state index in [1.807, 2.05) is 0 Å². The van der Waals surface area contributed by atoms with E-state index in [0.29, 0.717) is 18.7 Å². The average molecular weight is 296 g/mol. The number of sulfone groups is 1. The maximum atomic E-state index is 12.0. The predicted molar refractivity (Wildman–Crippen MR) is 78.1 cm³/mol. The standard InChI is InChI=1S/C14H20N2O3S/c1-20(18,19)12-5-2-4-11(8-12)16-13(17)9-14(10-15)6-3-7-14/h2,4-5,8H,3,6-7,9-10,15H2,1H3,(H,16,17). The number of rotatable bonds is 5. The van der Waals surface area contributed by atoms with Crippen LogP contribution in [0.1, 0.15) is 25.7 Å². The first-order valence-corrected chi connectivity index (χ1v) is 8.54. The maximum absolute atomic E-state index is 12.0. The molecule has 0 aliphatic heterocycles. The van der Waals surface area contributed by atoms with E-state index in [1.165, 1.54) is 12.1 Å². The van der Waals surface area contributed by atoms with E-state index < -0.39 is 9.84 Å². The number of hydrogen-bond acceptors (Lipinski definition) is 4. The fourth-order valence-electron chi connectivity index (χ4n) is 2.48. The van der Waals surface area contributed by atoms with E-state index in [1.54, 1.807) is 12.1 Å². The topological polar surface area (TPSA) is 89.3 Å². The van der Waals surface area contributed by atoms with Crippen molar-refractivity contribution >= 4 is 21.4 Å². The number of carbonyl (C=O) groups excluding carboxylic acids is 1. The SMILES string of the molecule is CS(=O)(=O)c1cccc(NC(=O)CC2(CN)CCC2)c1. The second-order valence-corrected chi connectivity index (χ2v) is 7.60. The average Bonchev–Trinajstić information content (AvgIpc) is 2.33. The van der Waals surface area contributed by atoms with Gasteiger partial charge >= 0.3 is 0 Å². The van der Waals surface area contributed by atoms with Crippen molar-refractivity contribution in [3.8, 4) is 0 Å². The van der Waals surface area contributed by atoms with Gasteiger partial charge in [-0.25, -0.2) is 8.42 Å². The molecule has 2 rings (SSSR count). The smallest absolute Gasteiger partial charge is 0.224 e. The van der Waals surface area contributed by atoms with Crippen LogP contribution in [0.4, 0.5) is 5.69 Å². The molecule has 1 aromatic rings. The number of anilines is 1. The van der Waals surface area contributed by atoms with E-state index in [-0.39, 0.29) is 16.2 Å². The Balaban J connectivity index is 2.05. The summed E-state index contributed by atoms with van der Waals surface area (Å²) in [6.45, 7) is 0.518. The van der Waals surface area contributed by atoms with Crippen molar-refractivity contribution in [3.05, 3.63) is 24.3 Å². The monoisotopic (exact) mass is 296 g/mol. The number of carbonyl (C=O) groups is 1. The summed E-state index contributed by atoms with van der Waals surface area (Å²) in [5.41, 5.74) is 6.18. The third-order valence-electron chi connectivity index (χ3n) is 3.93. The zero-order chi connectivity index (χ0) is 14.8. The molecule has 1 saturated carbocycles. The van der Waals surface area contributed by atoms with Gasteiger partial charge in [0, 0.05) is 18.4 Å². The molecular formula is C14H20N2O3S. The molecule has 1 aliphatic rings. The molecule has 0 aromatic heterocycles. The van der Waals surface area contributed by atoms with Gasteiger partial charge in [-0.3, -0.25) is 4.79 Å². The minimum absolute atomic E-state index is 0.0570. The molecule has 0 spiro atoms. The molecule has 0 saturated heterocycles. The van der Waals surface area contributed by atoms with E-state index in [2.05, 4.69) is 5.32 Å². The Morgan fingerprint density at radius 2 is 2.10 bits per heavy atom. The zero-order valence-corrected chi connectivity index (χ0v) is 12.4. The molecule has 0 radical (unpaired) electrons. The van der Waals surface area contributed by atoms with Crippen molar-refractivity contribution in [2.24, 2.45) is 11.1 Å². The Hall–Kier alpha value is -1.40. The van der Waals surface area contributed by atoms with Crippen LogP contribution >= 0.6 is 0 Å². The van der Waals surface area contributed by atoms with Gasteiger partial charge < -0.3 is 11.1 Å². The van der Waals surface area contributed by atoms with Crippen LogP contribution in [0.2, 0.25) is 0 Å². The van der Waals surface area contributed by atoms with Crippen LogP contribution in [0.15, 0.2) is 29.2 Å². The van der Waals surface area contributed by atoms with Crippen LogP contribution in [0.5, 0.6) is 0 Å². The van der Waals surface area contributed by atoms with E-state index in [4.69, 9.17) is 5.73 Å². The number of amides is 1. The van der Waals surface area contributed by atoms with E-state index >= 15 is 0 Å². The molecule has 110 valence electrons. The third-order valence-corrected chi connectivity index (χ3v) is 5.04. The highest BCUT2D eigenvalue weighted by Crippen LogP contribution is 2.43. The van der Waals surface area contributed by atoms with Gasteiger partial charge in [0.1, 0.15) is 0 Å². The highest BCUT2D eigenvalue weighted by atomic mass is 32.2. The van der Waals surface area contributed by atoms with Crippen LogP contribution in [-0.2, 0) is 14.6 Å². The largest absolute Gasteiger partial charge is 0.330 e. The van der Waals surface area contributed by atoms with Gasteiger partial charge in [0.25, 0.3) is 0 Å². The summed E-state index contributed by atoms with van der Waals surface area (Å²) in [4.78, 5) is 12.2. The van der Waals surface area contributed by atoms with Gasteiger partial charge in [-0.1, -0.05) is 12.5 Å².